The Morgan fingerprint density at radius 3 is 2.19 bits per heavy atom. The molecule has 1 N–H and O–H groups in total. The summed E-state index contributed by atoms with van der Waals surface area (Å²) in [7, 11) is 0. The Balaban J connectivity index is 1.55. The summed E-state index contributed by atoms with van der Waals surface area (Å²) in [6.45, 7) is 0.00806. The number of ether oxygens (including phenoxy) is 1. The van der Waals surface area contributed by atoms with E-state index >= 15 is 0 Å². The van der Waals surface area contributed by atoms with E-state index in [1.807, 2.05) is 30.4 Å². The maximum Gasteiger partial charge on any atom is 0.236 e. The Morgan fingerprint density at radius 1 is 1.05 bits per heavy atom. The molecule has 1 aromatic carbocycles. The summed E-state index contributed by atoms with van der Waals surface area (Å²) in [6, 6.07) is 9.06. The van der Waals surface area contributed by atoms with Crippen LogP contribution in [0.3, 0.4) is 0 Å². The summed E-state index contributed by atoms with van der Waals surface area (Å²) in [6.07, 6.45) is 2.29. The zero-order valence-corrected chi connectivity index (χ0v) is 11.3. The van der Waals surface area contributed by atoms with Crippen LogP contribution in [0.25, 0.3) is 0 Å². The van der Waals surface area contributed by atoms with Gasteiger partial charge in [0.1, 0.15) is 0 Å². The van der Waals surface area contributed by atoms with Crippen molar-refractivity contribution >= 4 is 11.8 Å². The molecule has 0 saturated carbocycles. The van der Waals surface area contributed by atoms with Crippen molar-refractivity contribution in [3.63, 3.8) is 0 Å². The lowest BCUT2D eigenvalue weighted by atomic mass is 9.85. The molecular formula is C16H15NO4. The third-order valence-corrected chi connectivity index (χ3v) is 4.54. The zero-order valence-electron chi connectivity index (χ0n) is 11.3. The molecule has 0 aliphatic carbocycles. The van der Waals surface area contributed by atoms with E-state index in [1.165, 1.54) is 4.90 Å². The summed E-state index contributed by atoms with van der Waals surface area (Å²) < 4.78 is 5.58. The van der Waals surface area contributed by atoms with Gasteiger partial charge in [-0.2, -0.15) is 0 Å². The second-order valence-corrected chi connectivity index (χ2v) is 5.72. The summed E-state index contributed by atoms with van der Waals surface area (Å²) in [5.74, 6) is -1.26. The normalized spacial score (nSPS) is 34.6. The predicted octanol–water partition coefficient (Wildman–Crippen LogP) is 0.658. The van der Waals surface area contributed by atoms with Gasteiger partial charge in [-0.25, -0.2) is 0 Å². The molecule has 108 valence electrons. The number of nitrogens with zero attached hydrogens (tertiary/aromatic N) is 1. The smallest absolute Gasteiger partial charge is 0.236 e. The highest BCUT2D eigenvalue weighted by molar-refractivity contribution is 6.06. The number of hydrogen-bond donors (Lipinski definition) is 1. The van der Waals surface area contributed by atoms with Crippen LogP contribution < -0.4 is 0 Å². The number of hydrogen-bond acceptors (Lipinski definition) is 4. The van der Waals surface area contributed by atoms with Crippen LogP contribution in [-0.4, -0.2) is 40.6 Å². The molecule has 0 unspecified atom stereocenters. The van der Waals surface area contributed by atoms with Crippen LogP contribution in [0.15, 0.2) is 42.5 Å². The standard InChI is InChI=1S/C16H15NO4/c18-10(9-4-2-1-3-5-9)8-17-15(19)13-11-6-7-12(21-11)14(13)16(17)20/h1-7,10-14,18H,8H2/t10-,11-,12+,13-,14+/m0/s1. The Bertz CT molecular complexity index is 596. The molecule has 4 rings (SSSR count). The third kappa shape index (κ3) is 1.78. The van der Waals surface area contributed by atoms with Crippen LogP contribution in [0.2, 0.25) is 0 Å². The van der Waals surface area contributed by atoms with E-state index in [-0.39, 0.29) is 30.6 Å². The first kappa shape index (κ1) is 12.7. The lowest BCUT2D eigenvalue weighted by Crippen LogP contribution is -2.37. The highest BCUT2D eigenvalue weighted by Crippen LogP contribution is 2.45. The molecule has 5 nitrogen and oxygen atoms in total. The van der Waals surface area contributed by atoms with Crippen LogP contribution in [0.4, 0.5) is 0 Å². The van der Waals surface area contributed by atoms with Crippen LogP contribution >= 0.6 is 0 Å². The minimum absolute atomic E-state index is 0.00806. The molecule has 2 fully saturated rings. The second kappa shape index (κ2) is 4.51. The van der Waals surface area contributed by atoms with Gasteiger partial charge in [-0.3, -0.25) is 14.5 Å². The van der Waals surface area contributed by atoms with Crippen LogP contribution in [0.5, 0.6) is 0 Å². The second-order valence-electron chi connectivity index (χ2n) is 5.72. The molecule has 21 heavy (non-hydrogen) atoms. The number of imide groups is 1. The first-order valence-corrected chi connectivity index (χ1v) is 7.09. The van der Waals surface area contributed by atoms with Gasteiger partial charge in [-0.1, -0.05) is 42.5 Å². The fraction of sp³-hybridized carbons (Fsp3) is 0.375. The van der Waals surface area contributed by atoms with Crippen LogP contribution in [0.1, 0.15) is 11.7 Å². The minimum atomic E-state index is -0.857. The van der Waals surface area contributed by atoms with Crippen molar-refractivity contribution in [3.05, 3.63) is 48.0 Å². The first-order chi connectivity index (χ1) is 10.2. The lowest BCUT2D eigenvalue weighted by Gasteiger charge is -2.21. The van der Waals surface area contributed by atoms with Gasteiger partial charge in [-0.05, 0) is 5.56 Å². The fourth-order valence-electron chi connectivity index (χ4n) is 3.50. The Morgan fingerprint density at radius 2 is 1.62 bits per heavy atom. The number of aliphatic hydroxyl groups excluding tert-OH is 1. The largest absolute Gasteiger partial charge is 0.387 e. The van der Waals surface area contributed by atoms with E-state index in [9.17, 15) is 14.7 Å². The molecule has 5 atom stereocenters. The average molecular weight is 285 g/mol. The summed E-state index contributed by atoms with van der Waals surface area (Å²) in [5.41, 5.74) is 0.701. The fourth-order valence-corrected chi connectivity index (χ4v) is 3.50. The lowest BCUT2D eigenvalue weighted by molar-refractivity contribution is -0.144. The first-order valence-electron chi connectivity index (χ1n) is 7.09. The van der Waals surface area contributed by atoms with E-state index < -0.39 is 17.9 Å². The maximum atomic E-state index is 12.4. The average Bonchev–Trinajstić information content (AvgIpc) is 3.18. The van der Waals surface area contributed by atoms with Crippen molar-refractivity contribution in [1.82, 2.24) is 4.90 Å². The van der Waals surface area contributed by atoms with E-state index in [0.717, 1.165) is 0 Å². The Hall–Kier alpha value is -1.98. The highest BCUT2D eigenvalue weighted by atomic mass is 16.5. The number of carbonyl (C=O) groups is 2. The van der Waals surface area contributed by atoms with Gasteiger partial charge >= 0.3 is 0 Å². The molecule has 0 spiro atoms. The topological polar surface area (TPSA) is 66.8 Å². The van der Waals surface area contributed by atoms with E-state index in [1.54, 1.807) is 12.1 Å². The number of likely N-dealkylation sites (tertiary alicyclic amines) is 1. The van der Waals surface area contributed by atoms with E-state index in [0.29, 0.717) is 5.56 Å². The number of rotatable bonds is 3. The van der Waals surface area contributed by atoms with Crippen LogP contribution in [-0.2, 0) is 14.3 Å². The van der Waals surface area contributed by atoms with Crippen molar-refractivity contribution < 1.29 is 19.4 Å². The van der Waals surface area contributed by atoms with Gasteiger partial charge in [0.2, 0.25) is 11.8 Å². The molecule has 2 bridgehead atoms. The quantitative estimate of drug-likeness (QED) is 0.654. The number of fused-ring (bicyclic) bond motifs is 5. The van der Waals surface area contributed by atoms with E-state index in [2.05, 4.69) is 0 Å². The SMILES string of the molecule is O=C1[C@@H]2[C@H](C(=O)N1C[C@H](O)c1ccccc1)[C@H]1C=C[C@@H]2O1. The van der Waals surface area contributed by atoms with Gasteiger partial charge in [0.05, 0.1) is 36.7 Å². The van der Waals surface area contributed by atoms with Crippen molar-refractivity contribution in [3.8, 4) is 0 Å². The van der Waals surface area contributed by atoms with Gasteiger partial charge in [0.15, 0.2) is 0 Å². The molecule has 0 radical (unpaired) electrons. The maximum absolute atomic E-state index is 12.4. The number of carbonyl (C=O) groups excluding carboxylic acids is 2. The summed E-state index contributed by atoms with van der Waals surface area (Å²) in [5, 5.41) is 10.2. The summed E-state index contributed by atoms with van der Waals surface area (Å²) in [4.78, 5) is 26.1. The van der Waals surface area contributed by atoms with Gasteiger partial charge in [0, 0.05) is 0 Å². The number of amides is 2. The number of benzene rings is 1. The van der Waals surface area contributed by atoms with Gasteiger partial charge in [0.25, 0.3) is 0 Å². The third-order valence-electron chi connectivity index (χ3n) is 4.54. The van der Waals surface area contributed by atoms with Crippen LogP contribution in [0, 0.1) is 11.8 Å². The van der Waals surface area contributed by atoms with Crippen molar-refractivity contribution in [2.45, 2.75) is 18.3 Å². The molecule has 1 aromatic rings. The van der Waals surface area contributed by atoms with Gasteiger partial charge < -0.3 is 9.84 Å². The zero-order chi connectivity index (χ0) is 14.6. The summed E-state index contributed by atoms with van der Waals surface area (Å²) >= 11 is 0. The Labute approximate surface area is 121 Å². The minimum Gasteiger partial charge on any atom is -0.387 e. The number of aliphatic hydroxyl groups is 1. The molecular weight excluding hydrogens is 270 g/mol. The Kier molecular flexibility index (Phi) is 2.74. The van der Waals surface area contributed by atoms with Crippen molar-refractivity contribution in [2.24, 2.45) is 11.8 Å². The molecule has 5 heteroatoms. The van der Waals surface area contributed by atoms with Crippen molar-refractivity contribution in [2.75, 3.05) is 6.54 Å². The highest BCUT2D eigenvalue weighted by Gasteiger charge is 2.60. The predicted molar refractivity (Wildman–Crippen MR) is 72.9 cm³/mol. The molecule has 2 saturated heterocycles. The molecule has 0 aromatic heterocycles. The van der Waals surface area contributed by atoms with Crippen molar-refractivity contribution in [1.29, 1.82) is 0 Å². The monoisotopic (exact) mass is 285 g/mol. The number of β-amino-alcohol motifs (C(OH)–C–C–N with tert-alkyl or cyclic N) is 1. The molecule has 3 aliphatic rings. The molecule has 3 aliphatic heterocycles. The molecule has 3 heterocycles. The van der Waals surface area contributed by atoms with Gasteiger partial charge in [-0.15, -0.1) is 0 Å². The van der Waals surface area contributed by atoms with E-state index in [4.69, 9.17) is 4.74 Å². The molecule has 2 amide bonds.